The lowest BCUT2D eigenvalue weighted by Crippen LogP contribution is -2.42. The predicted molar refractivity (Wildman–Crippen MR) is 100 cm³/mol. The van der Waals surface area contributed by atoms with Gasteiger partial charge in [0, 0.05) is 19.3 Å². The monoisotopic (exact) mass is 309 g/mol. The van der Waals surface area contributed by atoms with Crippen molar-refractivity contribution < 1.29 is 0 Å². The number of hydrogen-bond acceptors (Lipinski definition) is 3. The summed E-state index contributed by atoms with van der Waals surface area (Å²) in [6.07, 6.45) is 2.88. The molecule has 0 fully saturated rings. The minimum absolute atomic E-state index is 0.270. The summed E-state index contributed by atoms with van der Waals surface area (Å²) in [4.78, 5) is 2.29. The average molecular weight is 309 g/mol. The van der Waals surface area contributed by atoms with Crippen molar-refractivity contribution in [1.29, 1.82) is 0 Å². The summed E-state index contributed by atoms with van der Waals surface area (Å²) < 4.78 is 0. The number of nitrogens with zero attached hydrogens (tertiary/aromatic N) is 1. The average Bonchev–Trinajstić information content (AvgIpc) is 2.59. The van der Waals surface area contributed by atoms with E-state index in [9.17, 15) is 0 Å². The van der Waals surface area contributed by atoms with E-state index < -0.39 is 0 Å². The van der Waals surface area contributed by atoms with Crippen LogP contribution in [-0.4, -0.2) is 13.6 Å². The Hall–Kier alpha value is -2.10. The van der Waals surface area contributed by atoms with Crippen molar-refractivity contribution in [1.82, 2.24) is 5.43 Å². The molecule has 2 aromatic carbocycles. The van der Waals surface area contributed by atoms with Crippen LogP contribution < -0.4 is 16.2 Å². The van der Waals surface area contributed by atoms with Crippen molar-refractivity contribution in [3.8, 4) is 0 Å². The van der Waals surface area contributed by atoms with Crippen LogP contribution in [0.4, 0.5) is 5.69 Å². The van der Waals surface area contributed by atoms with Crippen LogP contribution >= 0.6 is 0 Å². The smallest absolute Gasteiger partial charge is 0.0533 e. The molecule has 0 saturated carbocycles. The van der Waals surface area contributed by atoms with Gasteiger partial charge in [-0.1, -0.05) is 55.1 Å². The number of benzene rings is 2. The van der Waals surface area contributed by atoms with Crippen molar-refractivity contribution in [2.75, 3.05) is 18.5 Å². The first-order valence-corrected chi connectivity index (χ1v) is 7.97. The number of hydrazine groups is 1. The van der Waals surface area contributed by atoms with E-state index >= 15 is 0 Å². The zero-order valence-corrected chi connectivity index (χ0v) is 14.3. The van der Waals surface area contributed by atoms with Crippen LogP contribution in [0, 0.1) is 0 Å². The zero-order chi connectivity index (χ0) is 16.9. The first-order valence-electron chi connectivity index (χ1n) is 7.97. The van der Waals surface area contributed by atoms with E-state index in [2.05, 4.69) is 86.3 Å². The highest BCUT2D eigenvalue weighted by Crippen LogP contribution is 2.29. The van der Waals surface area contributed by atoms with Gasteiger partial charge >= 0.3 is 0 Å². The van der Waals surface area contributed by atoms with E-state index in [0.29, 0.717) is 0 Å². The van der Waals surface area contributed by atoms with Gasteiger partial charge < -0.3 is 4.90 Å². The molecule has 0 atom stereocenters. The summed E-state index contributed by atoms with van der Waals surface area (Å²) in [7, 11) is 2.13. The lowest BCUT2D eigenvalue weighted by molar-refractivity contribution is 0.415. The molecule has 23 heavy (non-hydrogen) atoms. The Bertz CT molecular complexity index is 661. The molecule has 0 aromatic heterocycles. The van der Waals surface area contributed by atoms with Crippen LogP contribution in [0.3, 0.4) is 0 Å². The third-order valence-electron chi connectivity index (χ3n) is 4.27. The number of nitrogens with one attached hydrogen (secondary N) is 1. The van der Waals surface area contributed by atoms with Crippen molar-refractivity contribution in [2.45, 2.75) is 25.8 Å². The number of rotatable bonds is 7. The quantitative estimate of drug-likeness (QED) is 0.605. The van der Waals surface area contributed by atoms with Gasteiger partial charge in [0.1, 0.15) is 0 Å². The highest BCUT2D eigenvalue weighted by molar-refractivity contribution is 5.56. The molecule has 0 amide bonds. The molecule has 0 aliphatic heterocycles. The van der Waals surface area contributed by atoms with Gasteiger partial charge in [0.15, 0.2) is 0 Å². The predicted octanol–water partition coefficient (Wildman–Crippen LogP) is 3.71. The summed E-state index contributed by atoms with van der Waals surface area (Å²) in [6, 6.07) is 16.9. The maximum atomic E-state index is 5.73. The highest BCUT2D eigenvalue weighted by Gasteiger charge is 2.22. The lowest BCUT2D eigenvalue weighted by Gasteiger charge is -2.31. The molecule has 3 N–H and O–H groups in total. The topological polar surface area (TPSA) is 41.3 Å². The van der Waals surface area contributed by atoms with Crippen LogP contribution in [0.1, 0.15) is 30.5 Å². The van der Waals surface area contributed by atoms with Gasteiger partial charge in [-0.15, -0.1) is 0 Å². The first-order chi connectivity index (χ1) is 11.0. The van der Waals surface area contributed by atoms with E-state index in [4.69, 9.17) is 5.84 Å². The van der Waals surface area contributed by atoms with E-state index in [0.717, 1.165) is 13.0 Å². The molecule has 122 valence electrons. The molecule has 0 spiro atoms. The Morgan fingerprint density at radius 3 is 2.61 bits per heavy atom. The van der Waals surface area contributed by atoms with Crippen LogP contribution in [0.2, 0.25) is 0 Å². The van der Waals surface area contributed by atoms with Crippen molar-refractivity contribution in [2.24, 2.45) is 5.84 Å². The summed E-state index contributed by atoms with van der Waals surface area (Å²) >= 11 is 0. The van der Waals surface area contributed by atoms with Gasteiger partial charge in [0.25, 0.3) is 0 Å². The van der Waals surface area contributed by atoms with E-state index in [1.807, 2.05) is 6.08 Å². The van der Waals surface area contributed by atoms with Gasteiger partial charge in [0.05, 0.1) is 5.54 Å². The molecule has 0 saturated heterocycles. The molecule has 0 aliphatic carbocycles. The van der Waals surface area contributed by atoms with E-state index in [1.165, 1.54) is 22.4 Å². The normalized spacial score (nSPS) is 11.3. The fourth-order valence-electron chi connectivity index (χ4n) is 2.71. The van der Waals surface area contributed by atoms with Crippen molar-refractivity contribution >= 4 is 11.8 Å². The third kappa shape index (κ3) is 4.21. The van der Waals surface area contributed by atoms with Gasteiger partial charge in [-0.25, -0.2) is 0 Å². The van der Waals surface area contributed by atoms with Gasteiger partial charge in [-0.2, -0.15) is 0 Å². The fraction of sp³-hybridized carbons (Fsp3) is 0.300. The molecule has 2 rings (SSSR count). The summed E-state index contributed by atoms with van der Waals surface area (Å²) in [5.74, 6) is 5.73. The Morgan fingerprint density at radius 1 is 1.17 bits per heavy atom. The number of hydrogen-bond donors (Lipinski definition) is 2. The zero-order valence-electron chi connectivity index (χ0n) is 14.3. The standard InChI is InChI=1S/C20H27N3/c1-5-16-9-8-10-17(15-16)13-14-23(4)19-12-7-6-11-18(19)20(2,3)22-21/h5-12,15,22H,1,13-14,21H2,2-4H3. The SMILES string of the molecule is C=Cc1cccc(CCN(C)c2ccccc2C(C)(C)NN)c1. The molecule has 0 aliphatic rings. The maximum absolute atomic E-state index is 5.73. The van der Waals surface area contributed by atoms with Crippen molar-refractivity contribution in [3.63, 3.8) is 0 Å². The largest absolute Gasteiger partial charge is 0.374 e. The fourth-order valence-corrected chi connectivity index (χ4v) is 2.71. The number of likely N-dealkylation sites (N-methyl/N-ethyl adjacent to an activating group) is 1. The number of nitrogens with two attached hydrogens (primary N) is 1. The Labute approximate surface area is 139 Å². The molecular weight excluding hydrogens is 282 g/mol. The molecule has 0 bridgehead atoms. The first kappa shape index (κ1) is 17.3. The summed E-state index contributed by atoms with van der Waals surface area (Å²) in [6.45, 7) is 8.96. The minimum atomic E-state index is -0.270. The summed E-state index contributed by atoms with van der Waals surface area (Å²) in [5.41, 5.74) is 7.52. The Kier molecular flexibility index (Phi) is 5.59. The Balaban J connectivity index is 2.15. The van der Waals surface area contributed by atoms with Crippen LogP contribution in [0.5, 0.6) is 0 Å². The van der Waals surface area contributed by atoms with Crippen LogP contribution in [0.15, 0.2) is 55.1 Å². The molecule has 3 nitrogen and oxygen atoms in total. The molecule has 0 radical (unpaired) electrons. The molecular formula is C20H27N3. The second-order valence-electron chi connectivity index (χ2n) is 6.41. The maximum Gasteiger partial charge on any atom is 0.0533 e. The van der Waals surface area contributed by atoms with E-state index in [-0.39, 0.29) is 5.54 Å². The van der Waals surface area contributed by atoms with Crippen LogP contribution in [-0.2, 0) is 12.0 Å². The third-order valence-corrected chi connectivity index (χ3v) is 4.27. The van der Waals surface area contributed by atoms with Gasteiger partial charge in [-0.3, -0.25) is 11.3 Å². The molecule has 0 heterocycles. The Morgan fingerprint density at radius 2 is 1.91 bits per heavy atom. The second-order valence-corrected chi connectivity index (χ2v) is 6.41. The second kappa shape index (κ2) is 7.44. The molecule has 2 aromatic rings. The van der Waals surface area contributed by atoms with Gasteiger partial charge in [0.2, 0.25) is 0 Å². The molecule has 0 unspecified atom stereocenters. The van der Waals surface area contributed by atoms with Crippen molar-refractivity contribution in [3.05, 3.63) is 71.8 Å². The lowest BCUT2D eigenvalue weighted by atomic mass is 9.93. The highest BCUT2D eigenvalue weighted by atomic mass is 15.3. The molecule has 3 heteroatoms. The van der Waals surface area contributed by atoms with E-state index in [1.54, 1.807) is 0 Å². The van der Waals surface area contributed by atoms with Gasteiger partial charge in [-0.05, 0) is 43.0 Å². The van der Waals surface area contributed by atoms with Crippen LogP contribution in [0.25, 0.3) is 6.08 Å². The minimum Gasteiger partial charge on any atom is -0.374 e. The number of anilines is 1. The summed E-state index contributed by atoms with van der Waals surface area (Å²) in [5, 5.41) is 0. The number of para-hydroxylation sites is 1.